The van der Waals surface area contributed by atoms with Gasteiger partial charge in [-0.2, -0.15) is 9.29 Å². The number of pyridine rings is 2. The number of ether oxygens (including phenoxy) is 3. The van der Waals surface area contributed by atoms with Crippen LogP contribution in [-0.4, -0.2) is 99.9 Å². The van der Waals surface area contributed by atoms with Crippen molar-refractivity contribution in [2.45, 2.75) is 96.1 Å². The molecule has 1 aromatic carbocycles. The lowest BCUT2D eigenvalue weighted by molar-refractivity contribution is -0.147. The van der Waals surface area contributed by atoms with Crippen LogP contribution in [0.15, 0.2) is 41.4 Å². The van der Waals surface area contributed by atoms with E-state index in [9.17, 15) is 27.1 Å². The first-order valence-corrected chi connectivity index (χ1v) is 20.6. The summed E-state index contributed by atoms with van der Waals surface area (Å²) in [5, 5.41) is 18.2. The number of aromatic nitrogens is 4. The van der Waals surface area contributed by atoms with Crippen molar-refractivity contribution in [3.63, 3.8) is 0 Å². The van der Waals surface area contributed by atoms with E-state index in [1.807, 2.05) is 25.1 Å². The van der Waals surface area contributed by atoms with Gasteiger partial charge >= 0.3 is 5.97 Å². The van der Waals surface area contributed by atoms with Crippen LogP contribution in [0, 0.1) is 26.2 Å². The van der Waals surface area contributed by atoms with E-state index in [0.29, 0.717) is 66.4 Å². The van der Waals surface area contributed by atoms with Gasteiger partial charge in [0, 0.05) is 43.6 Å². The topological polar surface area (TPSA) is 149 Å². The molecule has 1 unspecified atom stereocenters. The number of aliphatic carboxylic acids is 1. The number of benzene rings is 1. The number of piperidine rings is 1. The SMILES string of the molecule is Cc1ccc(C(c2ccn3c(C(F)F)nnc3c2C)C(C)(C)C(=O)O)cc1CN1CC2(CCOCC2)Oc2nc(OCCN3CCCCC3)c(C)cc2S1(=O)=O. The molecule has 13 nitrogen and oxygen atoms in total. The Kier molecular flexibility index (Phi) is 11.1. The van der Waals surface area contributed by atoms with Gasteiger partial charge in [0.15, 0.2) is 5.65 Å². The van der Waals surface area contributed by atoms with Gasteiger partial charge in [-0.05, 0) is 100 Å². The van der Waals surface area contributed by atoms with Crippen LogP contribution in [0.4, 0.5) is 8.78 Å². The summed E-state index contributed by atoms with van der Waals surface area (Å²) in [4.78, 5) is 19.9. The third-order valence-electron chi connectivity index (χ3n) is 11.7. The summed E-state index contributed by atoms with van der Waals surface area (Å²) in [7, 11) is -4.18. The second-order valence-corrected chi connectivity index (χ2v) is 17.8. The predicted molar refractivity (Wildman–Crippen MR) is 203 cm³/mol. The minimum Gasteiger partial charge on any atom is -0.481 e. The number of hydrogen-bond donors (Lipinski definition) is 1. The maximum absolute atomic E-state index is 14.7. The van der Waals surface area contributed by atoms with E-state index in [4.69, 9.17) is 19.2 Å². The van der Waals surface area contributed by atoms with E-state index in [2.05, 4.69) is 15.1 Å². The van der Waals surface area contributed by atoms with Crippen molar-refractivity contribution in [2.24, 2.45) is 5.41 Å². The molecule has 1 atom stereocenters. The third-order valence-corrected chi connectivity index (χ3v) is 13.5. The fourth-order valence-electron chi connectivity index (χ4n) is 8.26. The van der Waals surface area contributed by atoms with Crippen molar-refractivity contribution in [3.8, 4) is 11.8 Å². The number of carboxylic acid groups (broad SMARTS) is 1. The van der Waals surface area contributed by atoms with Crippen molar-refractivity contribution >= 4 is 21.6 Å². The minimum atomic E-state index is -4.18. The number of rotatable bonds is 11. The average Bonchev–Trinajstić information content (AvgIpc) is 3.58. The lowest BCUT2D eigenvalue weighted by Gasteiger charge is -2.38. The number of fused-ring (bicyclic) bond motifs is 2. The van der Waals surface area contributed by atoms with E-state index < -0.39 is 45.2 Å². The largest absolute Gasteiger partial charge is 0.481 e. The highest BCUT2D eigenvalue weighted by Gasteiger charge is 2.46. The zero-order chi connectivity index (χ0) is 40.0. The number of likely N-dealkylation sites (tertiary alicyclic amines) is 1. The Bertz CT molecular complexity index is 2220. The molecule has 56 heavy (non-hydrogen) atoms. The van der Waals surface area contributed by atoms with Crippen molar-refractivity contribution in [1.29, 1.82) is 0 Å². The number of hydrogen-bond acceptors (Lipinski definition) is 10. The number of alkyl halides is 2. The Morgan fingerprint density at radius 2 is 1.77 bits per heavy atom. The average molecular weight is 797 g/mol. The van der Waals surface area contributed by atoms with E-state index in [1.54, 1.807) is 39.8 Å². The van der Waals surface area contributed by atoms with Gasteiger partial charge in [0.1, 0.15) is 17.1 Å². The quantitative estimate of drug-likeness (QED) is 0.184. The smallest absolute Gasteiger partial charge is 0.310 e. The Morgan fingerprint density at radius 1 is 1.04 bits per heavy atom. The number of nitrogens with zero attached hydrogens (tertiary/aromatic N) is 6. The molecule has 1 spiro atoms. The van der Waals surface area contributed by atoms with Gasteiger partial charge in [0.2, 0.25) is 27.6 Å². The first-order chi connectivity index (χ1) is 26.6. The second kappa shape index (κ2) is 15.6. The van der Waals surface area contributed by atoms with Crippen LogP contribution in [0.5, 0.6) is 11.8 Å². The van der Waals surface area contributed by atoms with Crippen LogP contribution in [0.3, 0.4) is 0 Å². The summed E-state index contributed by atoms with van der Waals surface area (Å²) in [6.45, 7) is 12.6. The maximum atomic E-state index is 14.7. The summed E-state index contributed by atoms with van der Waals surface area (Å²) in [5.41, 5.74) is 1.67. The Hall–Kier alpha value is -4.25. The second-order valence-electron chi connectivity index (χ2n) is 15.9. The molecule has 0 aliphatic carbocycles. The molecule has 302 valence electrons. The molecule has 0 bridgehead atoms. The normalized spacial score (nSPS) is 19.4. The molecule has 1 N–H and O–H groups in total. The maximum Gasteiger partial charge on any atom is 0.310 e. The molecule has 4 aromatic rings. The summed E-state index contributed by atoms with van der Waals surface area (Å²) < 4.78 is 78.0. The lowest BCUT2D eigenvalue weighted by Crippen LogP contribution is -2.50. The van der Waals surface area contributed by atoms with Crippen LogP contribution in [-0.2, 0) is 26.1 Å². The van der Waals surface area contributed by atoms with Crippen LogP contribution in [0.2, 0.25) is 0 Å². The first-order valence-electron chi connectivity index (χ1n) is 19.2. The van der Waals surface area contributed by atoms with Crippen molar-refractivity contribution in [1.82, 2.24) is 28.8 Å². The summed E-state index contributed by atoms with van der Waals surface area (Å²) in [6, 6.07) is 8.76. The van der Waals surface area contributed by atoms with Crippen molar-refractivity contribution in [2.75, 3.05) is 46.0 Å². The lowest BCUT2D eigenvalue weighted by atomic mass is 9.70. The molecule has 2 saturated heterocycles. The van der Waals surface area contributed by atoms with Crippen molar-refractivity contribution < 1.29 is 41.3 Å². The Labute approximate surface area is 326 Å². The molecule has 0 saturated carbocycles. The Balaban J connectivity index is 1.26. The standard InChI is InChI=1S/C40H50F2N6O7S/c1-25-9-10-28(32(39(4,5)38(49)50)30-11-16-48-34(27(30)3)44-45-35(48)33(41)42)22-29(25)23-47-24-40(12-18-53-19-13-40)55-37-31(56(47,51)52)21-26(2)36(43-37)54-20-17-46-14-7-6-8-15-46/h9-11,16,21-22,32-33H,6-8,12-15,17-20,23-24H2,1-5H3,(H,49,50). The van der Waals surface area contributed by atoms with E-state index in [-0.39, 0.29) is 29.5 Å². The van der Waals surface area contributed by atoms with E-state index in [1.165, 1.54) is 34.2 Å². The fourth-order valence-corrected chi connectivity index (χ4v) is 9.88. The number of carboxylic acids is 1. The highest BCUT2D eigenvalue weighted by molar-refractivity contribution is 7.89. The molecule has 3 aromatic heterocycles. The molecular formula is C40H50F2N6O7S. The van der Waals surface area contributed by atoms with Crippen LogP contribution in [0.1, 0.15) is 97.5 Å². The minimum absolute atomic E-state index is 0.0102. The highest BCUT2D eigenvalue weighted by Crippen LogP contribution is 2.45. The van der Waals surface area contributed by atoms with E-state index in [0.717, 1.165) is 25.2 Å². The summed E-state index contributed by atoms with van der Waals surface area (Å²) in [6.07, 6.45) is 3.06. The highest BCUT2D eigenvalue weighted by atomic mass is 32.2. The third kappa shape index (κ3) is 7.60. The van der Waals surface area contributed by atoms with Gasteiger partial charge in [-0.25, -0.2) is 17.2 Å². The van der Waals surface area contributed by atoms with Gasteiger partial charge in [0.05, 0.1) is 25.2 Å². The summed E-state index contributed by atoms with van der Waals surface area (Å²) in [5.74, 6) is -2.00. The monoisotopic (exact) mass is 796 g/mol. The number of halogens is 2. The van der Waals surface area contributed by atoms with Gasteiger partial charge in [-0.15, -0.1) is 10.2 Å². The fraction of sp³-hybridized carbons (Fsp3) is 0.550. The van der Waals surface area contributed by atoms with E-state index >= 15 is 0 Å². The number of carbonyl (C=O) groups is 1. The molecule has 3 aliphatic rings. The van der Waals surface area contributed by atoms with Gasteiger partial charge in [-0.1, -0.05) is 24.6 Å². The molecule has 2 fully saturated rings. The number of aryl methyl sites for hydroxylation is 3. The van der Waals surface area contributed by atoms with Crippen LogP contribution in [0.25, 0.3) is 5.65 Å². The molecule has 16 heteroatoms. The zero-order valence-corrected chi connectivity index (χ0v) is 33.4. The molecule has 0 radical (unpaired) electrons. The molecule has 3 aliphatic heterocycles. The van der Waals surface area contributed by atoms with Crippen LogP contribution >= 0.6 is 0 Å². The molecule has 7 rings (SSSR count). The first kappa shape index (κ1) is 40.0. The van der Waals surface area contributed by atoms with Gasteiger partial charge in [0.25, 0.3) is 6.43 Å². The summed E-state index contributed by atoms with van der Waals surface area (Å²) >= 11 is 0. The molecule has 6 heterocycles. The molecular weight excluding hydrogens is 747 g/mol. The zero-order valence-electron chi connectivity index (χ0n) is 32.6. The van der Waals surface area contributed by atoms with Crippen LogP contribution < -0.4 is 9.47 Å². The number of sulfonamides is 1. The predicted octanol–water partition coefficient (Wildman–Crippen LogP) is 6.23. The van der Waals surface area contributed by atoms with Gasteiger partial charge in [-0.3, -0.25) is 14.1 Å². The molecule has 0 amide bonds. The van der Waals surface area contributed by atoms with Crippen molar-refractivity contribution in [3.05, 3.63) is 75.7 Å². The Morgan fingerprint density at radius 3 is 2.46 bits per heavy atom. The van der Waals surface area contributed by atoms with Gasteiger partial charge < -0.3 is 19.3 Å².